The molecule has 0 spiro atoms. The van der Waals surface area contributed by atoms with Crippen molar-refractivity contribution in [1.82, 2.24) is 4.90 Å². The summed E-state index contributed by atoms with van der Waals surface area (Å²) in [6.07, 6.45) is 0.999. The first-order valence-electron chi connectivity index (χ1n) is 6.96. The molecule has 2 fully saturated rings. The van der Waals surface area contributed by atoms with Crippen LogP contribution in [-0.2, 0) is 0 Å². The molecule has 3 rings (SSSR count). The first-order chi connectivity index (χ1) is 9.11. The zero-order valence-corrected chi connectivity index (χ0v) is 10.9. The smallest absolute Gasteiger partial charge is 0.123 e. The third-order valence-electron chi connectivity index (χ3n) is 4.47. The predicted molar refractivity (Wildman–Crippen MR) is 70.0 cm³/mol. The minimum absolute atomic E-state index is 0.134. The molecule has 4 heteroatoms. The number of hydrogen-bond donors (Lipinski definition) is 2. The summed E-state index contributed by atoms with van der Waals surface area (Å²) >= 11 is 0. The molecule has 104 valence electrons. The zero-order chi connectivity index (χ0) is 13.4. The number of benzene rings is 1. The Labute approximate surface area is 112 Å². The van der Waals surface area contributed by atoms with Gasteiger partial charge in [-0.3, -0.25) is 4.90 Å². The molecule has 1 heterocycles. The van der Waals surface area contributed by atoms with Crippen LogP contribution in [0.25, 0.3) is 0 Å². The molecule has 3 nitrogen and oxygen atoms in total. The van der Waals surface area contributed by atoms with Gasteiger partial charge in [-0.15, -0.1) is 0 Å². The number of β-amino-alcohol motifs (C(OH)–C–C–N with tert-alkyl or cyclic N) is 1. The summed E-state index contributed by atoms with van der Waals surface area (Å²) < 4.78 is 13.1. The molecular weight excluding hydrogens is 245 g/mol. The molecular formula is C15H20FNO2. The topological polar surface area (TPSA) is 43.7 Å². The van der Waals surface area contributed by atoms with Crippen LogP contribution in [0.4, 0.5) is 4.39 Å². The Bertz CT molecular complexity index is 440. The summed E-state index contributed by atoms with van der Waals surface area (Å²) in [7, 11) is 0. The van der Waals surface area contributed by atoms with E-state index in [4.69, 9.17) is 0 Å². The van der Waals surface area contributed by atoms with Gasteiger partial charge in [-0.1, -0.05) is 12.1 Å². The standard InChI is InChI=1S/C15H20FNO2/c16-13-3-1-2-10(4-13)15(19)9-17-7-11-5-14(18)6-12(11)8-17/h1-4,11-12,14-15,18-19H,5-9H2/t11-,12+,14?,15?. The van der Waals surface area contributed by atoms with Crippen LogP contribution in [0.3, 0.4) is 0 Å². The highest BCUT2D eigenvalue weighted by Crippen LogP contribution is 2.38. The molecule has 1 aliphatic heterocycles. The summed E-state index contributed by atoms with van der Waals surface area (Å²) in [4.78, 5) is 2.23. The molecule has 0 bridgehead atoms. The lowest BCUT2D eigenvalue weighted by Crippen LogP contribution is -2.28. The molecule has 19 heavy (non-hydrogen) atoms. The molecule has 0 radical (unpaired) electrons. The van der Waals surface area contributed by atoms with Crippen molar-refractivity contribution in [1.29, 1.82) is 0 Å². The van der Waals surface area contributed by atoms with E-state index in [1.54, 1.807) is 12.1 Å². The van der Waals surface area contributed by atoms with Gasteiger partial charge in [-0.2, -0.15) is 0 Å². The van der Waals surface area contributed by atoms with E-state index in [0.29, 0.717) is 23.9 Å². The molecule has 2 aliphatic rings. The van der Waals surface area contributed by atoms with Crippen LogP contribution in [-0.4, -0.2) is 40.9 Å². The molecule has 1 saturated carbocycles. The Morgan fingerprint density at radius 2 is 1.95 bits per heavy atom. The van der Waals surface area contributed by atoms with Crippen molar-refractivity contribution in [2.75, 3.05) is 19.6 Å². The molecule has 4 atom stereocenters. The molecule has 0 aromatic heterocycles. The van der Waals surface area contributed by atoms with Crippen molar-refractivity contribution < 1.29 is 14.6 Å². The van der Waals surface area contributed by atoms with E-state index >= 15 is 0 Å². The van der Waals surface area contributed by atoms with Gasteiger partial charge in [0.25, 0.3) is 0 Å². The summed E-state index contributed by atoms with van der Waals surface area (Å²) in [5.74, 6) is 0.822. The first-order valence-corrected chi connectivity index (χ1v) is 6.96. The number of rotatable bonds is 3. The van der Waals surface area contributed by atoms with Crippen LogP contribution in [0.15, 0.2) is 24.3 Å². The zero-order valence-electron chi connectivity index (χ0n) is 10.9. The monoisotopic (exact) mass is 265 g/mol. The molecule has 0 amide bonds. The van der Waals surface area contributed by atoms with Crippen LogP contribution in [0.5, 0.6) is 0 Å². The lowest BCUT2D eigenvalue weighted by Gasteiger charge is -2.21. The van der Waals surface area contributed by atoms with E-state index < -0.39 is 6.10 Å². The second kappa shape index (κ2) is 5.19. The number of halogens is 1. The normalized spacial score (nSPS) is 32.5. The fraction of sp³-hybridized carbons (Fsp3) is 0.600. The van der Waals surface area contributed by atoms with E-state index in [2.05, 4.69) is 4.90 Å². The van der Waals surface area contributed by atoms with Gasteiger partial charge in [-0.05, 0) is 42.4 Å². The highest BCUT2D eigenvalue weighted by Gasteiger charge is 2.40. The summed E-state index contributed by atoms with van der Waals surface area (Å²) in [5, 5.41) is 19.8. The fourth-order valence-corrected chi connectivity index (χ4v) is 3.58. The van der Waals surface area contributed by atoms with Crippen LogP contribution in [0.1, 0.15) is 24.5 Å². The Morgan fingerprint density at radius 1 is 1.26 bits per heavy atom. The number of aliphatic hydroxyl groups excluding tert-OH is 2. The number of likely N-dealkylation sites (tertiary alicyclic amines) is 1. The van der Waals surface area contributed by atoms with E-state index in [1.807, 2.05) is 0 Å². The van der Waals surface area contributed by atoms with Crippen molar-refractivity contribution in [3.05, 3.63) is 35.6 Å². The van der Waals surface area contributed by atoms with Crippen LogP contribution in [0, 0.1) is 17.7 Å². The third kappa shape index (κ3) is 2.81. The minimum atomic E-state index is -0.639. The summed E-state index contributed by atoms with van der Waals surface area (Å²) in [5.41, 5.74) is 0.636. The fourth-order valence-electron chi connectivity index (χ4n) is 3.58. The van der Waals surface area contributed by atoms with Gasteiger partial charge < -0.3 is 10.2 Å². The largest absolute Gasteiger partial charge is 0.393 e. The molecule has 2 N–H and O–H groups in total. The first kappa shape index (κ1) is 13.0. The summed E-state index contributed by atoms with van der Waals surface area (Å²) in [6, 6.07) is 6.17. The Morgan fingerprint density at radius 3 is 2.58 bits per heavy atom. The SMILES string of the molecule is OC1C[C@@H]2CN(CC(O)c3cccc(F)c3)C[C@@H]2C1. The van der Waals surface area contributed by atoms with E-state index in [1.165, 1.54) is 12.1 Å². The predicted octanol–water partition coefficient (Wildman–Crippen LogP) is 1.56. The lowest BCUT2D eigenvalue weighted by molar-refractivity contribution is 0.113. The van der Waals surface area contributed by atoms with E-state index in [9.17, 15) is 14.6 Å². The molecule has 1 saturated heterocycles. The molecule has 1 aromatic rings. The van der Waals surface area contributed by atoms with Crippen molar-refractivity contribution in [3.63, 3.8) is 0 Å². The third-order valence-corrected chi connectivity index (χ3v) is 4.47. The summed E-state index contributed by atoms with van der Waals surface area (Å²) in [6.45, 7) is 2.43. The second-order valence-corrected chi connectivity index (χ2v) is 5.93. The second-order valence-electron chi connectivity index (χ2n) is 5.93. The van der Waals surface area contributed by atoms with Crippen molar-refractivity contribution in [2.24, 2.45) is 11.8 Å². The lowest BCUT2D eigenvalue weighted by atomic mass is 10.0. The van der Waals surface area contributed by atoms with E-state index in [0.717, 1.165) is 25.9 Å². The van der Waals surface area contributed by atoms with Crippen LogP contribution < -0.4 is 0 Å². The number of nitrogens with zero attached hydrogens (tertiary/aromatic N) is 1. The van der Waals surface area contributed by atoms with Crippen molar-refractivity contribution >= 4 is 0 Å². The van der Waals surface area contributed by atoms with Crippen LogP contribution in [0.2, 0.25) is 0 Å². The quantitative estimate of drug-likeness (QED) is 0.871. The number of hydrogen-bond acceptors (Lipinski definition) is 3. The molecule has 2 unspecified atom stereocenters. The minimum Gasteiger partial charge on any atom is -0.393 e. The van der Waals surface area contributed by atoms with Gasteiger partial charge >= 0.3 is 0 Å². The maximum atomic E-state index is 13.1. The van der Waals surface area contributed by atoms with Crippen molar-refractivity contribution in [3.8, 4) is 0 Å². The van der Waals surface area contributed by atoms with E-state index in [-0.39, 0.29) is 11.9 Å². The van der Waals surface area contributed by atoms with Crippen molar-refractivity contribution in [2.45, 2.75) is 25.0 Å². The van der Waals surface area contributed by atoms with Gasteiger partial charge in [0.05, 0.1) is 12.2 Å². The maximum absolute atomic E-state index is 13.1. The number of fused-ring (bicyclic) bond motifs is 1. The highest BCUT2D eigenvalue weighted by molar-refractivity contribution is 5.19. The van der Waals surface area contributed by atoms with Gasteiger partial charge in [0.2, 0.25) is 0 Å². The Balaban J connectivity index is 1.58. The van der Waals surface area contributed by atoms with Gasteiger partial charge in [-0.25, -0.2) is 4.39 Å². The average Bonchev–Trinajstić information content (AvgIpc) is 2.85. The van der Waals surface area contributed by atoms with Gasteiger partial charge in [0, 0.05) is 19.6 Å². The number of aliphatic hydroxyl groups is 2. The van der Waals surface area contributed by atoms with Gasteiger partial charge in [0.15, 0.2) is 0 Å². The average molecular weight is 265 g/mol. The molecule has 1 aromatic carbocycles. The highest BCUT2D eigenvalue weighted by atomic mass is 19.1. The Kier molecular flexibility index (Phi) is 3.56. The van der Waals surface area contributed by atoms with Gasteiger partial charge in [0.1, 0.15) is 5.82 Å². The maximum Gasteiger partial charge on any atom is 0.123 e. The Hall–Kier alpha value is -0.970. The van der Waals surface area contributed by atoms with Crippen LogP contribution >= 0.6 is 0 Å². The molecule has 1 aliphatic carbocycles.